The summed E-state index contributed by atoms with van der Waals surface area (Å²) in [6, 6.07) is 17.2. The van der Waals surface area contributed by atoms with E-state index in [2.05, 4.69) is 42.7 Å². The molecule has 7 nitrogen and oxygen atoms in total. The van der Waals surface area contributed by atoms with Crippen molar-refractivity contribution in [1.82, 2.24) is 15.2 Å². The van der Waals surface area contributed by atoms with Gasteiger partial charge in [0.05, 0.1) is 18.9 Å². The fourth-order valence-electron chi connectivity index (χ4n) is 2.53. The minimum absolute atomic E-state index is 0.374. The SMILES string of the molecule is COC(=O)c1ccc(Nc2nncc(NCCCc3ccccc3)n2)cc1. The van der Waals surface area contributed by atoms with E-state index in [1.54, 1.807) is 30.5 Å². The zero-order valence-electron chi connectivity index (χ0n) is 15.1. The zero-order chi connectivity index (χ0) is 18.9. The quantitative estimate of drug-likeness (QED) is 0.468. The van der Waals surface area contributed by atoms with Gasteiger partial charge in [-0.3, -0.25) is 0 Å². The number of rotatable bonds is 8. The summed E-state index contributed by atoms with van der Waals surface area (Å²) in [7, 11) is 1.35. The van der Waals surface area contributed by atoms with Crippen LogP contribution in [0.15, 0.2) is 60.8 Å². The highest BCUT2D eigenvalue weighted by Gasteiger charge is 2.06. The first-order valence-electron chi connectivity index (χ1n) is 8.67. The maximum absolute atomic E-state index is 11.5. The van der Waals surface area contributed by atoms with Crippen molar-refractivity contribution in [2.75, 3.05) is 24.3 Å². The van der Waals surface area contributed by atoms with Crippen LogP contribution in [0.1, 0.15) is 22.3 Å². The molecule has 0 aliphatic rings. The third-order valence-electron chi connectivity index (χ3n) is 3.91. The van der Waals surface area contributed by atoms with Crippen molar-refractivity contribution >= 4 is 23.4 Å². The molecule has 1 heterocycles. The molecule has 2 aromatic carbocycles. The van der Waals surface area contributed by atoms with Crippen LogP contribution >= 0.6 is 0 Å². The molecule has 0 aliphatic carbocycles. The number of nitrogens with one attached hydrogen (secondary N) is 2. The second-order valence-corrected chi connectivity index (χ2v) is 5.88. The van der Waals surface area contributed by atoms with Gasteiger partial charge in [-0.2, -0.15) is 10.1 Å². The summed E-state index contributed by atoms with van der Waals surface area (Å²) in [5.74, 6) is 0.668. The van der Waals surface area contributed by atoms with Gasteiger partial charge in [0.15, 0.2) is 5.82 Å². The van der Waals surface area contributed by atoms with Crippen molar-refractivity contribution in [2.24, 2.45) is 0 Å². The average Bonchev–Trinajstić information content (AvgIpc) is 2.72. The second-order valence-electron chi connectivity index (χ2n) is 5.88. The number of ether oxygens (including phenoxy) is 1. The van der Waals surface area contributed by atoms with E-state index in [1.165, 1.54) is 12.7 Å². The molecule has 0 amide bonds. The Morgan fingerprint density at radius 2 is 1.85 bits per heavy atom. The predicted octanol–water partition coefficient (Wildman–Crippen LogP) is 3.45. The fourth-order valence-corrected chi connectivity index (χ4v) is 2.53. The first-order chi connectivity index (χ1) is 13.2. The number of hydrogen-bond donors (Lipinski definition) is 2. The smallest absolute Gasteiger partial charge is 0.337 e. The molecule has 0 fully saturated rings. The molecule has 3 rings (SSSR count). The van der Waals surface area contributed by atoms with Crippen molar-refractivity contribution in [3.05, 3.63) is 71.9 Å². The first-order valence-corrected chi connectivity index (χ1v) is 8.67. The summed E-state index contributed by atoms with van der Waals surface area (Å²) < 4.78 is 4.68. The van der Waals surface area contributed by atoms with Crippen LogP contribution in [0.4, 0.5) is 17.5 Å². The molecule has 3 aromatic rings. The van der Waals surface area contributed by atoms with Crippen LogP contribution in [-0.2, 0) is 11.2 Å². The van der Waals surface area contributed by atoms with E-state index in [0.29, 0.717) is 17.3 Å². The average molecular weight is 363 g/mol. The van der Waals surface area contributed by atoms with Crippen LogP contribution in [0, 0.1) is 0 Å². The Bertz CT molecular complexity index is 869. The summed E-state index contributed by atoms with van der Waals surface area (Å²) in [4.78, 5) is 15.9. The van der Waals surface area contributed by atoms with Crippen molar-refractivity contribution in [1.29, 1.82) is 0 Å². The molecule has 0 atom stereocenters. The number of anilines is 3. The maximum Gasteiger partial charge on any atom is 0.337 e. The van der Waals surface area contributed by atoms with Gasteiger partial charge >= 0.3 is 5.97 Å². The Balaban J connectivity index is 1.51. The van der Waals surface area contributed by atoms with Crippen LogP contribution in [0.3, 0.4) is 0 Å². The Morgan fingerprint density at radius 1 is 1.07 bits per heavy atom. The van der Waals surface area contributed by atoms with E-state index < -0.39 is 0 Å². The number of aromatic nitrogens is 3. The summed E-state index contributed by atoms with van der Waals surface area (Å²) in [6.07, 6.45) is 3.59. The number of methoxy groups -OCH3 is 1. The highest BCUT2D eigenvalue weighted by molar-refractivity contribution is 5.89. The number of esters is 1. The number of hydrogen-bond acceptors (Lipinski definition) is 7. The van der Waals surface area contributed by atoms with E-state index in [1.807, 2.05) is 18.2 Å². The Labute approximate surface area is 157 Å². The van der Waals surface area contributed by atoms with Gasteiger partial charge in [0.2, 0.25) is 5.95 Å². The minimum Gasteiger partial charge on any atom is -0.465 e. The lowest BCUT2D eigenvalue weighted by Gasteiger charge is -2.08. The van der Waals surface area contributed by atoms with Crippen LogP contribution in [-0.4, -0.2) is 34.8 Å². The molecule has 0 radical (unpaired) electrons. The molecule has 27 heavy (non-hydrogen) atoms. The van der Waals surface area contributed by atoms with Crippen LogP contribution in [0.2, 0.25) is 0 Å². The Morgan fingerprint density at radius 3 is 2.59 bits per heavy atom. The zero-order valence-corrected chi connectivity index (χ0v) is 15.1. The van der Waals surface area contributed by atoms with Gasteiger partial charge in [0.25, 0.3) is 0 Å². The van der Waals surface area contributed by atoms with Gasteiger partial charge < -0.3 is 15.4 Å². The maximum atomic E-state index is 11.5. The number of carbonyl (C=O) groups is 1. The highest BCUT2D eigenvalue weighted by atomic mass is 16.5. The lowest BCUT2D eigenvalue weighted by atomic mass is 10.1. The molecule has 0 unspecified atom stereocenters. The van der Waals surface area contributed by atoms with Crippen LogP contribution in [0.25, 0.3) is 0 Å². The molecule has 0 saturated heterocycles. The molecular weight excluding hydrogens is 342 g/mol. The van der Waals surface area contributed by atoms with Gasteiger partial charge in [-0.25, -0.2) is 4.79 Å². The van der Waals surface area contributed by atoms with E-state index in [-0.39, 0.29) is 5.97 Å². The first kappa shape index (κ1) is 18.3. The molecule has 7 heteroatoms. The lowest BCUT2D eigenvalue weighted by molar-refractivity contribution is 0.0601. The Hall–Kier alpha value is -3.48. The van der Waals surface area contributed by atoms with Gasteiger partial charge in [0, 0.05) is 12.2 Å². The largest absolute Gasteiger partial charge is 0.465 e. The topological polar surface area (TPSA) is 89.0 Å². The second kappa shape index (κ2) is 9.28. The highest BCUT2D eigenvalue weighted by Crippen LogP contribution is 2.15. The molecular formula is C20H21N5O2. The van der Waals surface area contributed by atoms with Gasteiger partial charge in [-0.15, -0.1) is 5.10 Å². The van der Waals surface area contributed by atoms with Crippen molar-refractivity contribution in [2.45, 2.75) is 12.8 Å². The monoisotopic (exact) mass is 363 g/mol. The summed E-state index contributed by atoms with van der Waals surface area (Å²) >= 11 is 0. The van der Waals surface area contributed by atoms with Gasteiger partial charge in [-0.05, 0) is 42.7 Å². The number of benzene rings is 2. The summed E-state index contributed by atoms with van der Waals surface area (Å²) in [6.45, 7) is 0.793. The standard InChI is InChI=1S/C20H21N5O2/c1-27-19(26)16-9-11-17(12-10-16)23-20-24-18(14-22-25-20)21-13-5-8-15-6-3-2-4-7-15/h2-4,6-7,9-12,14H,5,8,13H2,1H3,(H2,21,23,24,25). The number of carbonyl (C=O) groups excluding carboxylic acids is 1. The van der Waals surface area contributed by atoms with Crippen molar-refractivity contribution in [3.63, 3.8) is 0 Å². The lowest BCUT2D eigenvalue weighted by Crippen LogP contribution is -2.07. The molecule has 0 aliphatic heterocycles. The normalized spacial score (nSPS) is 10.3. The predicted molar refractivity (Wildman–Crippen MR) is 104 cm³/mol. The summed E-state index contributed by atoms with van der Waals surface area (Å²) in [5, 5.41) is 14.3. The van der Waals surface area contributed by atoms with Crippen LogP contribution in [0.5, 0.6) is 0 Å². The molecule has 0 bridgehead atoms. The minimum atomic E-state index is -0.374. The van der Waals surface area contributed by atoms with Crippen molar-refractivity contribution < 1.29 is 9.53 Å². The molecule has 2 N–H and O–H groups in total. The van der Waals surface area contributed by atoms with E-state index >= 15 is 0 Å². The van der Waals surface area contributed by atoms with E-state index in [9.17, 15) is 4.79 Å². The van der Waals surface area contributed by atoms with Crippen LogP contribution < -0.4 is 10.6 Å². The number of nitrogens with zero attached hydrogens (tertiary/aromatic N) is 3. The third kappa shape index (κ3) is 5.50. The molecule has 0 spiro atoms. The van der Waals surface area contributed by atoms with E-state index in [0.717, 1.165) is 25.1 Å². The van der Waals surface area contributed by atoms with Gasteiger partial charge in [0.1, 0.15) is 0 Å². The van der Waals surface area contributed by atoms with Crippen molar-refractivity contribution in [3.8, 4) is 0 Å². The van der Waals surface area contributed by atoms with Gasteiger partial charge in [-0.1, -0.05) is 30.3 Å². The molecule has 1 aromatic heterocycles. The Kier molecular flexibility index (Phi) is 6.30. The number of aryl methyl sites for hydroxylation is 1. The van der Waals surface area contributed by atoms with E-state index in [4.69, 9.17) is 0 Å². The molecule has 138 valence electrons. The summed E-state index contributed by atoms with van der Waals surface area (Å²) in [5.41, 5.74) is 2.56. The fraction of sp³-hybridized carbons (Fsp3) is 0.200. The molecule has 0 saturated carbocycles. The third-order valence-corrected chi connectivity index (χ3v) is 3.91.